The van der Waals surface area contributed by atoms with Gasteiger partial charge in [0.25, 0.3) is 0 Å². The van der Waals surface area contributed by atoms with E-state index in [1.54, 1.807) is 12.3 Å². The first-order chi connectivity index (χ1) is 11.9. The minimum absolute atomic E-state index is 0.122. The minimum atomic E-state index is -2.94. The van der Waals surface area contributed by atoms with E-state index in [1.807, 2.05) is 19.9 Å². The van der Waals surface area contributed by atoms with Crippen LogP contribution in [0, 0.1) is 6.92 Å². The summed E-state index contributed by atoms with van der Waals surface area (Å²) >= 11 is 0. The van der Waals surface area contributed by atoms with E-state index in [9.17, 15) is 13.2 Å². The van der Waals surface area contributed by atoms with Crippen LogP contribution in [0.2, 0.25) is 0 Å². The average Bonchev–Trinajstić information content (AvgIpc) is 2.88. The Bertz CT molecular complexity index is 716. The third-order valence-corrected chi connectivity index (χ3v) is 5.47. The van der Waals surface area contributed by atoms with Crippen LogP contribution in [0.4, 0.5) is 5.82 Å². The zero-order valence-corrected chi connectivity index (χ0v) is 15.4. The van der Waals surface area contributed by atoms with Gasteiger partial charge in [0.2, 0.25) is 5.91 Å². The fraction of sp³-hybridized carbons (Fsp3) is 0.562. The van der Waals surface area contributed by atoms with Gasteiger partial charge in [-0.25, -0.2) is 13.4 Å². The Hall–Kier alpha value is -2.16. The molecule has 1 aliphatic heterocycles. The Kier molecular flexibility index (Phi) is 6.74. The Morgan fingerprint density at radius 2 is 2.20 bits per heavy atom. The van der Waals surface area contributed by atoms with Crippen molar-refractivity contribution in [3.05, 3.63) is 23.9 Å². The fourth-order valence-corrected chi connectivity index (χ4v) is 4.11. The summed E-state index contributed by atoms with van der Waals surface area (Å²) in [5, 5.41) is 8.90. The molecule has 1 unspecified atom stereocenters. The Morgan fingerprint density at radius 3 is 2.80 bits per heavy atom. The zero-order valence-electron chi connectivity index (χ0n) is 14.6. The van der Waals surface area contributed by atoms with Crippen LogP contribution in [0.1, 0.15) is 25.3 Å². The predicted molar refractivity (Wildman–Crippen MR) is 98.4 cm³/mol. The summed E-state index contributed by atoms with van der Waals surface area (Å²) in [4.78, 5) is 20.4. The molecule has 138 valence electrons. The third-order valence-electron chi connectivity index (χ3n) is 3.71. The van der Waals surface area contributed by atoms with E-state index in [2.05, 4.69) is 25.9 Å². The smallest absolute Gasteiger partial charge is 0.227 e. The maximum atomic E-state index is 11.9. The number of carbonyl (C=O) groups is 1. The van der Waals surface area contributed by atoms with Crippen molar-refractivity contribution in [1.29, 1.82) is 0 Å². The number of aromatic nitrogens is 1. The van der Waals surface area contributed by atoms with Crippen molar-refractivity contribution in [3.63, 3.8) is 0 Å². The monoisotopic (exact) mass is 367 g/mol. The van der Waals surface area contributed by atoms with Gasteiger partial charge in [0, 0.05) is 25.2 Å². The second kappa shape index (κ2) is 8.80. The van der Waals surface area contributed by atoms with Crippen LogP contribution in [-0.4, -0.2) is 55.9 Å². The standard InChI is InChI=1S/C16H25N5O3S/c1-3-17-16(20-13-7-9-25(23,24)11-13)18-8-6-15(22)21-14-5-4-12(2)10-19-14/h4-5,10,13H,3,6-9,11H2,1-2H3,(H2,17,18,20)(H,19,21,22). The maximum absolute atomic E-state index is 11.9. The van der Waals surface area contributed by atoms with E-state index >= 15 is 0 Å². The third kappa shape index (κ3) is 6.69. The highest BCUT2D eigenvalue weighted by Crippen LogP contribution is 2.11. The number of nitrogens with one attached hydrogen (secondary N) is 3. The summed E-state index contributed by atoms with van der Waals surface area (Å²) < 4.78 is 23.0. The number of anilines is 1. The van der Waals surface area contributed by atoms with E-state index in [4.69, 9.17) is 0 Å². The molecule has 1 amide bonds. The molecule has 0 spiro atoms. The van der Waals surface area contributed by atoms with Gasteiger partial charge in [0.15, 0.2) is 15.8 Å². The van der Waals surface area contributed by atoms with Gasteiger partial charge in [-0.1, -0.05) is 6.07 Å². The molecule has 1 aromatic rings. The number of rotatable bonds is 6. The molecule has 9 heteroatoms. The summed E-state index contributed by atoms with van der Waals surface area (Å²) in [6.45, 7) is 4.81. The number of aryl methyl sites for hydroxylation is 1. The van der Waals surface area contributed by atoms with Gasteiger partial charge in [0.1, 0.15) is 5.82 Å². The summed E-state index contributed by atoms with van der Waals surface area (Å²) in [6.07, 6.45) is 2.48. The topological polar surface area (TPSA) is 113 Å². The van der Waals surface area contributed by atoms with Crippen molar-refractivity contribution in [2.75, 3.05) is 29.9 Å². The summed E-state index contributed by atoms with van der Waals surface area (Å²) in [5.74, 6) is 1.21. The molecule has 0 radical (unpaired) electrons. The highest BCUT2D eigenvalue weighted by atomic mass is 32.2. The van der Waals surface area contributed by atoms with Gasteiger partial charge < -0.3 is 16.0 Å². The molecule has 2 rings (SSSR count). The molecule has 25 heavy (non-hydrogen) atoms. The number of nitrogens with zero attached hydrogens (tertiary/aromatic N) is 2. The molecule has 1 saturated heterocycles. The van der Waals surface area contributed by atoms with Gasteiger partial charge in [-0.3, -0.25) is 9.79 Å². The van der Waals surface area contributed by atoms with Crippen LogP contribution in [-0.2, 0) is 14.6 Å². The molecule has 0 aliphatic carbocycles. The molecule has 1 atom stereocenters. The Balaban J connectivity index is 1.82. The number of guanidine groups is 1. The lowest BCUT2D eigenvalue weighted by molar-refractivity contribution is -0.116. The number of hydrogen-bond donors (Lipinski definition) is 3. The first-order valence-corrected chi connectivity index (χ1v) is 10.2. The predicted octanol–water partition coefficient (Wildman–Crippen LogP) is 0.461. The number of hydrogen-bond acceptors (Lipinski definition) is 5. The molecule has 8 nitrogen and oxygen atoms in total. The second-order valence-corrected chi connectivity index (χ2v) is 8.25. The molecule has 1 fully saturated rings. The molecular weight excluding hydrogens is 342 g/mol. The number of pyridine rings is 1. The Morgan fingerprint density at radius 1 is 1.40 bits per heavy atom. The van der Waals surface area contributed by atoms with Crippen molar-refractivity contribution < 1.29 is 13.2 Å². The van der Waals surface area contributed by atoms with Crippen LogP contribution in [0.3, 0.4) is 0 Å². The SMILES string of the molecule is CCNC(=NCCC(=O)Nc1ccc(C)cn1)NC1CCS(=O)(=O)C1. The lowest BCUT2D eigenvalue weighted by Gasteiger charge is -2.15. The number of sulfone groups is 1. The average molecular weight is 367 g/mol. The zero-order chi connectivity index (χ0) is 18.3. The van der Waals surface area contributed by atoms with E-state index < -0.39 is 9.84 Å². The van der Waals surface area contributed by atoms with Crippen molar-refractivity contribution >= 4 is 27.5 Å². The van der Waals surface area contributed by atoms with Gasteiger partial charge in [0.05, 0.1) is 18.1 Å². The maximum Gasteiger partial charge on any atom is 0.227 e. The van der Waals surface area contributed by atoms with E-state index in [1.165, 1.54) is 0 Å². The molecule has 3 N–H and O–H groups in total. The van der Waals surface area contributed by atoms with Crippen LogP contribution in [0.5, 0.6) is 0 Å². The van der Waals surface area contributed by atoms with Crippen molar-refractivity contribution in [2.45, 2.75) is 32.7 Å². The quantitative estimate of drug-likeness (QED) is 0.497. The van der Waals surface area contributed by atoms with Crippen LogP contribution in [0.25, 0.3) is 0 Å². The molecule has 0 saturated carbocycles. The number of amides is 1. The van der Waals surface area contributed by atoms with Crippen molar-refractivity contribution in [2.24, 2.45) is 4.99 Å². The number of aliphatic imine (C=N–C) groups is 1. The lowest BCUT2D eigenvalue weighted by Crippen LogP contribution is -2.44. The van der Waals surface area contributed by atoms with Gasteiger partial charge in [-0.15, -0.1) is 0 Å². The van der Waals surface area contributed by atoms with E-state index in [0.717, 1.165) is 5.56 Å². The molecule has 0 aromatic carbocycles. The molecule has 2 heterocycles. The normalized spacial score (nSPS) is 19.4. The van der Waals surface area contributed by atoms with Crippen molar-refractivity contribution in [1.82, 2.24) is 15.6 Å². The second-order valence-electron chi connectivity index (χ2n) is 6.02. The molecule has 0 bridgehead atoms. The Labute approximate surface area is 148 Å². The first kappa shape index (κ1) is 19.2. The summed E-state index contributed by atoms with van der Waals surface area (Å²) in [5.41, 5.74) is 1.03. The van der Waals surface area contributed by atoms with Crippen molar-refractivity contribution in [3.8, 4) is 0 Å². The highest BCUT2D eigenvalue weighted by molar-refractivity contribution is 7.91. The van der Waals surface area contributed by atoms with Gasteiger partial charge in [-0.05, 0) is 31.9 Å². The van der Waals surface area contributed by atoms with Gasteiger partial charge in [-0.2, -0.15) is 0 Å². The lowest BCUT2D eigenvalue weighted by atomic mass is 10.3. The van der Waals surface area contributed by atoms with Crippen LogP contribution < -0.4 is 16.0 Å². The van der Waals surface area contributed by atoms with Gasteiger partial charge >= 0.3 is 0 Å². The summed E-state index contributed by atoms with van der Waals surface area (Å²) in [6, 6.07) is 3.50. The fourth-order valence-electron chi connectivity index (χ4n) is 2.44. The minimum Gasteiger partial charge on any atom is -0.357 e. The van der Waals surface area contributed by atoms with E-state index in [0.29, 0.717) is 31.3 Å². The first-order valence-electron chi connectivity index (χ1n) is 8.36. The molecular formula is C16H25N5O3S. The number of carbonyl (C=O) groups excluding carboxylic acids is 1. The largest absolute Gasteiger partial charge is 0.357 e. The molecule has 1 aromatic heterocycles. The highest BCUT2D eigenvalue weighted by Gasteiger charge is 2.28. The summed E-state index contributed by atoms with van der Waals surface area (Å²) in [7, 11) is -2.94. The van der Waals surface area contributed by atoms with E-state index in [-0.39, 0.29) is 29.9 Å². The van der Waals surface area contributed by atoms with Crippen LogP contribution in [0.15, 0.2) is 23.3 Å². The molecule has 1 aliphatic rings. The van der Waals surface area contributed by atoms with Crippen LogP contribution >= 0.6 is 0 Å².